The van der Waals surface area contributed by atoms with E-state index in [1.165, 1.54) is 13.4 Å². The lowest BCUT2D eigenvalue weighted by molar-refractivity contribution is -0.00588. The number of aliphatic hydroxyl groups is 3. The molecular weight excluding hydrogens is 284 g/mol. The molecule has 1 aromatic heterocycles. The van der Waals surface area contributed by atoms with Crippen molar-refractivity contribution in [2.45, 2.75) is 18.3 Å². The molecule has 21 heavy (non-hydrogen) atoms. The molecular formula is C11H18N4O6. The number of nitrogens with zero attached hydrogens (tertiary/aromatic N) is 2. The van der Waals surface area contributed by atoms with Crippen LogP contribution < -0.4 is 11.5 Å². The molecule has 7 N–H and O–H groups in total. The highest BCUT2D eigenvalue weighted by atomic mass is 16.5. The number of ether oxygens (including phenoxy) is 2. The maximum Gasteiger partial charge on any atom is 0.345 e. The predicted molar refractivity (Wildman–Crippen MR) is 71.0 cm³/mol. The number of nitrogens with two attached hydrogens (primary N) is 2. The Bertz CT molecular complexity index is 466. The van der Waals surface area contributed by atoms with E-state index >= 15 is 0 Å². The summed E-state index contributed by atoms with van der Waals surface area (Å²) in [5.74, 6) is -0.589. The van der Waals surface area contributed by atoms with Crippen molar-refractivity contribution in [3.63, 3.8) is 0 Å². The van der Waals surface area contributed by atoms with E-state index in [0.29, 0.717) is 0 Å². The molecule has 118 valence electrons. The maximum absolute atomic E-state index is 11.0. The molecule has 0 aromatic carbocycles. The monoisotopic (exact) mass is 302 g/mol. The summed E-state index contributed by atoms with van der Waals surface area (Å²) < 4.78 is 9.20. The fourth-order valence-electron chi connectivity index (χ4n) is 1.55. The smallest absolute Gasteiger partial charge is 0.345 e. The van der Waals surface area contributed by atoms with Gasteiger partial charge in [-0.15, -0.1) is 0 Å². The average molecular weight is 302 g/mol. The lowest BCUT2D eigenvalue weighted by atomic mass is 10.2. The molecule has 10 heteroatoms. The molecule has 0 spiro atoms. The Kier molecular flexibility index (Phi) is 6.24. The number of hydrogen-bond acceptors (Lipinski definition) is 10. The molecule has 0 saturated carbocycles. The van der Waals surface area contributed by atoms with Crippen LogP contribution in [-0.2, 0) is 9.47 Å². The summed E-state index contributed by atoms with van der Waals surface area (Å²) in [4.78, 5) is 18.2. The van der Waals surface area contributed by atoms with Crippen LogP contribution in [0, 0.1) is 0 Å². The molecule has 1 saturated heterocycles. The van der Waals surface area contributed by atoms with Crippen molar-refractivity contribution in [3.8, 4) is 0 Å². The normalized spacial score (nSPS) is 24.1. The van der Waals surface area contributed by atoms with Crippen LogP contribution in [0.1, 0.15) is 10.4 Å². The Morgan fingerprint density at radius 1 is 1.43 bits per heavy atom. The number of aromatic nitrogens is 2. The zero-order valence-corrected chi connectivity index (χ0v) is 11.3. The first-order valence-electron chi connectivity index (χ1n) is 5.95. The van der Waals surface area contributed by atoms with Crippen LogP contribution in [-0.4, -0.2) is 69.9 Å². The van der Waals surface area contributed by atoms with Gasteiger partial charge < -0.3 is 36.3 Å². The zero-order chi connectivity index (χ0) is 16.0. The van der Waals surface area contributed by atoms with Crippen LogP contribution in [0.3, 0.4) is 0 Å². The Hall–Kier alpha value is -2.01. The van der Waals surface area contributed by atoms with Gasteiger partial charge >= 0.3 is 5.97 Å². The Labute approximate surface area is 120 Å². The van der Waals surface area contributed by atoms with Gasteiger partial charge in [0.1, 0.15) is 41.8 Å². The number of rotatable bonds is 2. The van der Waals surface area contributed by atoms with Crippen LogP contribution in [0.25, 0.3) is 0 Å². The summed E-state index contributed by atoms with van der Waals surface area (Å²) in [7, 11) is 1.23. The van der Waals surface area contributed by atoms with Gasteiger partial charge in [-0.1, -0.05) is 0 Å². The molecule has 0 amide bonds. The fraction of sp³-hybridized carbons (Fsp3) is 0.545. The number of aliphatic hydroxyl groups excluding tert-OH is 3. The second-order valence-corrected chi connectivity index (χ2v) is 4.12. The van der Waals surface area contributed by atoms with Gasteiger partial charge in [-0.05, 0) is 0 Å². The average Bonchev–Trinajstić information content (AvgIpc) is 2.78. The number of anilines is 2. The fourth-order valence-corrected chi connectivity index (χ4v) is 1.55. The van der Waals surface area contributed by atoms with E-state index in [-0.39, 0.29) is 30.4 Å². The van der Waals surface area contributed by atoms with Gasteiger partial charge in [0, 0.05) is 0 Å². The van der Waals surface area contributed by atoms with E-state index in [2.05, 4.69) is 14.7 Å². The molecule has 2 rings (SSSR count). The van der Waals surface area contributed by atoms with E-state index in [9.17, 15) is 4.79 Å². The number of hydrogen-bond donors (Lipinski definition) is 5. The molecule has 1 fully saturated rings. The second-order valence-electron chi connectivity index (χ2n) is 4.12. The minimum absolute atomic E-state index is 0.0139. The lowest BCUT2D eigenvalue weighted by Crippen LogP contribution is -2.31. The van der Waals surface area contributed by atoms with Gasteiger partial charge in [0.05, 0.1) is 20.3 Å². The first-order chi connectivity index (χ1) is 9.92. The second kappa shape index (κ2) is 7.69. The standard InChI is InChI=1S/C6H8N4O2.C5H10O4/c1-12-6(11)3-4(7)9-2-10-5(3)8;6-1-4-5(8)3(7)2-9-4/h2H,1H3,(H4,7,8,9,10);3-8H,1-2H2/t;3-,4?,5-/m.0/s1. The van der Waals surface area contributed by atoms with Crippen LogP contribution in [0.5, 0.6) is 0 Å². The van der Waals surface area contributed by atoms with Crippen LogP contribution in [0.4, 0.5) is 11.6 Å². The quantitative estimate of drug-likeness (QED) is 0.368. The van der Waals surface area contributed by atoms with Gasteiger partial charge in [-0.3, -0.25) is 0 Å². The number of nitrogen functional groups attached to an aromatic ring is 2. The summed E-state index contributed by atoms with van der Waals surface area (Å²) in [6.45, 7) is -0.120. The number of methoxy groups -OCH3 is 1. The van der Waals surface area contributed by atoms with Crippen LogP contribution in [0.2, 0.25) is 0 Å². The van der Waals surface area contributed by atoms with Crippen molar-refractivity contribution in [3.05, 3.63) is 11.9 Å². The summed E-state index contributed by atoms with van der Waals surface area (Å²) in [5, 5.41) is 26.2. The number of esters is 1. The Balaban J connectivity index is 0.000000219. The van der Waals surface area contributed by atoms with Crippen molar-refractivity contribution < 1.29 is 29.6 Å². The largest absolute Gasteiger partial charge is 0.465 e. The van der Waals surface area contributed by atoms with Crippen LogP contribution >= 0.6 is 0 Å². The summed E-state index contributed by atoms with van der Waals surface area (Å²) in [6.07, 6.45) is -1.17. The molecule has 3 atom stereocenters. The molecule has 10 nitrogen and oxygen atoms in total. The lowest BCUT2D eigenvalue weighted by Gasteiger charge is -2.10. The van der Waals surface area contributed by atoms with E-state index in [1.54, 1.807) is 0 Å². The zero-order valence-electron chi connectivity index (χ0n) is 11.3. The maximum atomic E-state index is 11.0. The third-order valence-electron chi connectivity index (χ3n) is 2.73. The summed E-state index contributed by atoms with van der Waals surface area (Å²) >= 11 is 0. The predicted octanol–water partition coefficient (Wildman–Crippen LogP) is -2.47. The molecule has 0 aliphatic carbocycles. The topological polar surface area (TPSA) is 174 Å². The minimum Gasteiger partial charge on any atom is -0.465 e. The highest BCUT2D eigenvalue weighted by molar-refractivity contribution is 5.98. The molecule has 1 aliphatic heterocycles. The third-order valence-corrected chi connectivity index (χ3v) is 2.73. The highest BCUT2D eigenvalue weighted by Crippen LogP contribution is 2.14. The molecule has 1 aliphatic rings. The molecule has 0 radical (unpaired) electrons. The SMILES string of the molecule is COC(=O)c1c(N)ncnc1N.OCC1OC[C@H](O)[C@@H]1O. The van der Waals surface area contributed by atoms with E-state index in [1.807, 2.05) is 0 Å². The minimum atomic E-state index is -0.921. The van der Waals surface area contributed by atoms with Crippen molar-refractivity contribution >= 4 is 17.6 Å². The number of carbonyl (C=O) groups is 1. The van der Waals surface area contributed by atoms with Crippen molar-refractivity contribution in [1.29, 1.82) is 0 Å². The van der Waals surface area contributed by atoms with Gasteiger partial charge in [0.2, 0.25) is 0 Å². The van der Waals surface area contributed by atoms with Gasteiger partial charge in [0.15, 0.2) is 0 Å². The van der Waals surface area contributed by atoms with Gasteiger partial charge in [0.25, 0.3) is 0 Å². The van der Waals surface area contributed by atoms with Crippen LogP contribution in [0.15, 0.2) is 6.33 Å². The van der Waals surface area contributed by atoms with Gasteiger partial charge in [-0.25, -0.2) is 14.8 Å². The summed E-state index contributed by atoms with van der Waals surface area (Å²) in [5.41, 5.74) is 10.7. The first-order valence-corrected chi connectivity index (χ1v) is 5.95. The van der Waals surface area contributed by atoms with Gasteiger partial charge in [-0.2, -0.15) is 0 Å². The Morgan fingerprint density at radius 2 is 2.00 bits per heavy atom. The van der Waals surface area contributed by atoms with E-state index in [4.69, 9.17) is 31.5 Å². The number of carbonyl (C=O) groups excluding carboxylic acids is 1. The molecule has 0 bridgehead atoms. The Morgan fingerprint density at radius 3 is 2.33 bits per heavy atom. The third kappa shape index (κ3) is 4.23. The molecule has 1 aromatic rings. The van der Waals surface area contributed by atoms with Crippen molar-refractivity contribution in [1.82, 2.24) is 9.97 Å². The van der Waals surface area contributed by atoms with E-state index < -0.39 is 24.3 Å². The highest BCUT2D eigenvalue weighted by Gasteiger charge is 2.33. The molecule has 2 heterocycles. The van der Waals surface area contributed by atoms with E-state index in [0.717, 1.165) is 0 Å². The summed E-state index contributed by atoms with van der Waals surface area (Å²) in [6, 6.07) is 0. The van der Waals surface area contributed by atoms with Crippen molar-refractivity contribution in [2.75, 3.05) is 31.8 Å². The van der Waals surface area contributed by atoms with Crippen molar-refractivity contribution in [2.24, 2.45) is 0 Å². The molecule has 1 unspecified atom stereocenters. The first kappa shape index (κ1) is 17.0.